The van der Waals surface area contributed by atoms with Crippen molar-refractivity contribution in [2.45, 2.75) is 38.6 Å². The Balaban J connectivity index is 1.60. The minimum atomic E-state index is -0.523. The molecule has 3 amide bonds. The Morgan fingerprint density at radius 1 is 1.36 bits per heavy atom. The Morgan fingerprint density at radius 3 is 2.68 bits per heavy atom. The van der Waals surface area contributed by atoms with Crippen molar-refractivity contribution in [1.29, 1.82) is 0 Å². The quantitative estimate of drug-likeness (QED) is 0.728. The van der Waals surface area contributed by atoms with Crippen LogP contribution in [0.4, 0.5) is 0 Å². The molecule has 1 aromatic rings. The van der Waals surface area contributed by atoms with E-state index in [0.29, 0.717) is 45.5 Å². The summed E-state index contributed by atoms with van der Waals surface area (Å²) < 4.78 is 4.99. The second-order valence-electron chi connectivity index (χ2n) is 7.78. The molecule has 2 aliphatic heterocycles. The number of likely N-dealkylation sites (tertiary alicyclic amines) is 2. The SMILES string of the molecule is COCCCNC(=O)C1CC2(CCN(C(=O)c3sccc3C)CC2)C(=O)N1C. The molecule has 1 atom stereocenters. The number of thiophene rings is 1. The number of nitrogens with zero attached hydrogens (tertiary/aromatic N) is 2. The van der Waals surface area contributed by atoms with E-state index in [0.717, 1.165) is 16.9 Å². The van der Waals surface area contributed by atoms with Crippen LogP contribution in [-0.2, 0) is 14.3 Å². The van der Waals surface area contributed by atoms with Gasteiger partial charge in [-0.1, -0.05) is 0 Å². The van der Waals surface area contributed by atoms with Gasteiger partial charge in [-0.2, -0.15) is 0 Å². The molecular formula is C20H29N3O4S. The van der Waals surface area contributed by atoms with E-state index in [1.165, 1.54) is 11.3 Å². The lowest BCUT2D eigenvalue weighted by Gasteiger charge is -2.37. The summed E-state index contributed by atoms with van der Waals surface area (Å²) >= 11 is 1.46. The van der Waals surface area contributed by atoms with E-state index in [1.807, 2.05) is 23.3 Å². The number of piperidine rings is 1. The summed E-state index contributed by atoms with van der Waals surface area (Å²) in [6.45, 7) is 4.19. The molecule has 0 bridgehead atoms. The summed E-state index contributed by atoms with van der Waals surface area (Å²) in [6.07, 6.45) is 2.50. The van der Waals surface area contributed by atoms with Gasteiger partial charge in [0.05, 0.1) is 10.3 Å². The molecule has 3 rings (SSSR count). The average molecular weight is 408 g/mol. The average Bonchev–Trinajstić information content (AvgIpc) is 3.22. The van der Waals surface area contributed by atoms with E-state index < -0.39 is 11.5 Å². The van der Waals surface area contributed by atoms with Crippen LogP contribution in [0.25, 0.3) is 0 Å². The summed E-state index contributed by atoms with van der Waals surface area (Å²) in [5.41, 5.74) is 0.474. The lowest BCUT2D eigenvalue weighted by molar-refractivity contribution is -0.139. The fraction of sp³-hybridized carbons (Fsp3) is 0.650. The number of hydrogen-bond acceptors (Lipinski definition) is 5. The highest BCUT2D eigenvalue weighted by Gasteiger charge is 2.53. The minimum absolute atomic E-state index is 0.0314. The molecular weight excluding hydrogens is 378 g/mol. The lowest BCUT2D eigenvalue weighted by atomic mass is 9.76. The van der Waals surface area contributed by atoms with Crippen LogP contribution in [0.3, 0.4) is 0 Å². The van der Waals surface area contributed by atoms with Crippen molar-refractivity contribution in [1.82, 2.24) is 15.1 Å². The number of hydrogen-bond donors (Lipinski definition) is 1. The number of carbonyl (C=O) groups is 3. The molecule has 2 aliphatic rings. The van der Waals surface area contributed by atoms with Crippen LogP contribution in [-0.4, -0.2) is 74.0 Å². The van der Waals surface area contributed by atoms with Crippen LogP contribution < -0.4 is 5.32 Å². The maximum atomic E-state index is 13.0. The van der Waals surface area contributed by atoms with Gasteiger partial charge in [-0.25, -0.2) is 0 Å². The Labute approximate surface area is 170 Å². The van der Waals surface area contributed by atoms with Crippen LogP contribution in [0.1, 0.15) is 40.9 Å². The summed E-state index contributed by atoms with van der Waals surface area (Å²) in [5.74, 6) is -0.0194. The molecule has 1 unspecified atom stereocenters. The van der Waals surface area contributed by atoms with Crippen molar-refractivity contribution in [3.63, 3.8) is 0 Å². The molecule has 1 N–H and O–H groups in total. The first-order valence-electron chi connectivity index (χ1n) is 9.77. The first-order chi connectivity index (χ1) is 13.4. The molecule has 2 saturated heterocycles. The minimum Gasteiger partial charge on any atom is -0.385 e. The first-order valence-corrected chi connectivity index (χ1v) is 10.6. The molecule has 3 heterocycles. The second kappa shape index (κ2) is 8.61. The van der Waals surface area contributed by atoms with Gasteiger partial charge in [-0.05, 0) is 49.6 Å². The number of nitrogens with one attached hydrogen (secondary N) is 1. The van der Waals surface area contributed by atoms with Crippen LogP contribution in [0.5, 0.6) is 0 Å². The Morgan fingerprint density at radius 2 is 2.07 bits per heavy atom. The fourth-order valence-corrected chi connectivity index (χ4v) is 5.11. The van der Waals surface area contributed by atoms with Gasteiger partial charge in [0.1, 0.15) is 6.04 Å². The van der Waals surface area contributed by atoms with Gasteiger partial charge in [-0.3, -0.25) is 14.4 Å². The Kier molecular flexibility index (Phi) is 6.40. The normalized spacial score (nSPS) is 21.4. The Bertz CT molecular complexity index is 740. The van der Waals surface area contributed by atoms with E-state index in [9.17, 15) is 14.4 Å². The highest BCUT2D eigenvalue weighted by atomic mass is 32.1. The summed E-state index contributed by atoms with van der Waals surface area (Å²) in [7, 11) is 3.34. The molecule has 1 spiro atoms. The standard InChI is InChI=1S/C20H29N3O4S/c1-14-5-12-28-16(14)18(25)23-9-6-20(7-10-23)13-15(22(2)19(20)26)17(24)21-8-4-11-27-3/h5,12,15H,4,6-11,13H2,1-3H3,(H,21,24). The van der Waals surface area contributed by atoms with Gasteiger partial charge >= 0.3 is 0 Å². The number of likely N-dealkylation sites (N-methyl/N-ethyl adjacent to an activating group) is 1. The largest absolute Gasteiger partial charge is 0.385 e. The van der Waals surface area contributed by atoms with Crippen LogP contribution >= 0.6 is 11.3 Å². The summed E-state index contributed by atoms with van der Waals surface area (Å²) in [5, 5.41) is 4.84. The van der Waals surface area contributed by atoms with Crippen LogP contribution in [0.2, 0.25) is 0 Å². The molecule has 2 fully saturated rings. The third-order valence-corrected chi connectivity index (χ3v) is 7.02. The molecule has 0 aliphatic carbocycles. The van der Waals surface area contributed by atoms with Crippen molar-refractivity contribution in [2.24, 2.45) is 5.41 Å². The summed E-state index contributed by atoms with van der Waals surface area (Å²) in [4.78, 5) is 42.5. The monoisotopic (exact) mass is 407 g/mol. The molecule has 7 nitrogen and oxygen atoms in total. The third kappa shape index (κ3) is 3.93. The lowest BCUT2D eigenvalue weighted by Crippen LogP contribution is -2.46. The molecule has 8 heteroatoms. The number of aryl methyl sites for hydroxylation is 1. The van der Waals surface area contributed by atoms with E-state index in [4.69, 9.17) is 4.74 Å². The number of ether oxygens (including phenoxy) is 1. The van der Waals surface area contributed by atoms with Crippen molar-refractivity contribution < 1.29 is 19.1 Å². The fourth-order valence-electron chi connectivity index (χ4n) is 4.22. The molecule has 1 aromatic heterocycles. The summed E-state index contributed by atoms with van der Waals surface area (Å²) in [6, 6.07) is 1.52. The number of rotatable bonds is 6. The molecule has 0 saturated carbocycles. The van der Waals surface area contributed by atoms with E-state index in [1.54, 1.807) is 19.1 Å². The van der Waals surface area contributed by atoms with Gasteiger partial charge in [0.2, 0.25) is 11.8 Å². The second-order valence-corrected chi connectivity index (χ2v) is 8.69. The predicted molar refractivity (Wildman–Crippen MR) is 107 cm³/mol. The van der Waals surface area contributed by atoms with Crippen LogP contribution in [0.15, 0.2) is 11.4 Å². The van der Waals surface area contributed by atoms with Gasteiger partial charge in [0.25, 0.3) is 5.91 Å². The van der Waals surface area contributed by atoms with E-state index in [2.05, 4.69) is 5.32 Å². The predicted octanol–water partition coefficient (Wildman–Crippen LogP) is 1.66. The smallest absolute Gasteiger partial charge is 0.264 e. The molecule has 154 valence electrons. The van der Waals surface area contributed by atoms with Gasteiger partial charge in [-0.15, -0.1) is 11.3 Å². The van der Waals surface area contributed by atoms with Crippen molar-refractivity contribution >= 4 is 29.1 Å². The molecule has 0 radical (unpaired) electrons. The number of amides is 3. The molecule has 28 heavy (non-hydrogen) atoms. The van der Waals surface area contributed by atoms with Gasteiger partial charge in [0, 0.05) is 40.4 Å². The Hall–Kier alpha value is -1.93. The zero-order valence-electron chi connectivity index (χ0n) is 16.8. The zero-order chi connectivity index (χ0) is 20.3. The van der Waals surface area contributed by atoms with Crippen molar-refractivity contribution in [3.05, 3.63) is 21.9 Å². The zero-order valence-corrected chi connectivity index (χ0v) is 17.6. The van der Waals surface area contributed by atoms with E-state index >= 15 is 0 Å². The number of methoxy groups -OCH3 is 1. The molecule has 0 aromatic carbocycles. The third-order valence-electron chi connectivity index (χ3n) is 6.02. The van der Waals surface area contributed by atoms with Crippen LogP contribution in [0, 0.1) is 12.3 Å². The highest BCUT2D eigenvalue weighted by Crippen LogP contribution is 2.44. The van der Waals surface area contributed by atoms with Crippen molar-refractivity contribution in [3.8, 4) is 0 Å². The van der Waals surface area contributed by atoms with E-state index in [-0.39, 0.29) is 17.7 Å². The maximum Gasteiger partial charge on any atom is 0.264 e. The van der Waals surface area contributed by atoms with Gasteiger partial charge < -0.3 is 19.9 Å². The maximum absolute atomic E-state index is 13.0. The topological polar surface area (TPSA) is 79.0 Å². The van der Waals surface area contributed by atoms with Gasteiger partial charge in [0.15, 0.2) is 0 Å². The highest BCUT2D eigenvalue weighted by molar-refractivity contribution is 7.12. The first kappa shape index (κ1) is 20.8. The van der Waals surface area contributed by atoms with Crippen molar-refractivity contribution in [2.75, 3.05) is 40.4 Å². The number of carbonyl (C=O) groups excluding carboxylic acids is 3.